The summed E-state index contributed by atoms with van der Waals surface area (Å²) in [5.74, 6) is 0.567. The Kier molecular flexibility index (Phi) is 5.70. The van der Waals surface area contributed by atoms with Crippen molar-refractivity contribution in [3.05, 3.63) is 53.6 Å². The van der Waals surface area contributed by atoms with E-state index in [1.807, 2.05) is 13.8 Å². The maximum atomic E-state index is 12.8. The van der Waals surface area contributed by atoms with Crippen LogP contribution in [-0.4, -0.2) is 38.9 Å². The summed E-state index contributed by atoms with van der Waals surface area (Å²) in [6.45, 7) is 5.69. The van der Waals surface area contributed by atoms with Crippen molar-refractivity contribution >= 4 is 21.6 Å². The second-order valence-electron chi connectivity index (χ2n) is 6.54. The van der Waals surface area contributed by atoms with Gasteiger partial charge in [0.1, 0.15) is 5.75 Å². The molecule has 144 valence electrons. The van der Waals surface area contributed by atoms with Crippen molar-refractivity contribution in [2.45, 2.75) is 31.6 Å². The van der Waals surface area contributed by atoms with E-state index in [1.54, 1.807) is 35.2 Å². The van der Waals surface area contributed by atoms with E-state index < -0.39 is 10.0 Å². The molecule has 2 aromatic carbocycles. The van der Waals surface area contributed by atoms with Crippen molar-refractivity contribution in [2.24, 2.45) is 0 Å². The molecule has 6 nitrogen and oxygen atoms in total. The van der Waals surface area contributed by atoms with Crippen molar-refractivity contribution in [1.82, 2.24) is 4.90 Å². The Morgan fingerprint density at radius 1 is 1.11 bits per heavy atom. The highest BCUT2D eigenvalue weighted by atomic mass is 32.2. The fraction of sp³-hybridized carbons (Fsp3) is 0.350. The number of nitrogens with one attached hydrogen (secondary N) is 1. The number of carbonyl (C=O) groups excluding carboxylic acids is 1. The lowest BCUT2D eigenvalue weighted by atomic mass is 10.1. The minimum absolute atomic E-state index is 0.0736. The first-order chi connectivity index (χ1) is 12.9. The molecule has 0 saturated carbocycles. The highest BCUT2D eigenvalue weighted by Crippen LogP contribution is 2.23. The van der Waals surface area contributed by atoms with Crippen LogP contribution in [0.5, 0.6) is 5.75 Å². The first-order valence-corrected chi connectivity index (χ1v) is 10.5. The van der Waals surface area contributed by atoms with Gasteiger partial charge in [-0.15, -0.1) is 0 Å². The standard InChI is InChI=1S/C20H24N2O4S/c1-3-26-17-9-7-16(8-10-17)21-27(24,25)18-11-6-15(2)19(14-18)20(23)22-12-4-5-13-22/h6-11,14,21H,3-5,12-13H2,1-2H3. The maximum absolute atomic E-state index is 12.8. The largest absolute Gasteiger partial charge is 0.494 e. The van der Waals surface area contributed by atoms with Gasteiger partial charge < -0.3 is 9.64 Å². The number of nitrogens with zero attached hydrogens (tertiary/aromatic N) is 1. The molecule has 27 heavy (non-hydrogen) atoms. The van der Waals surface area contributed by atoms with Crippen LogP contribution in [0.1, 0.15) is 35.7 Å². The summed E-state index contributed by atoms with van der Waals surface area (Å²) in [5.41, 5.74) is 1.64. The van der Waals surface area contributed by atoms with Crippen molar-refractivity contribution in [3.8, 4) is 5.75 Å². The Morgan fingerprint density at radius 2 is 1.78 bits per heavy atom. The summed E-state index contributed by atoms with van der Waals surface area (Å²) in [4.78, 5) is 14.6. The van der Waals surface area contributed by atoms with Gasteiger partial charge in [-0.2, -0.15) is 0 Å². The monoisotopic (exact) mass is 388 g/mol. The van der Waals surface area contributed by atoms with E-state index in [-0.39, 0.29) is 10.8 Å². The molecule has 1 N–H and O–H groups in total. The Bertz CT molecular complexity index is 917. The molecule has 1 fully saturated rings. The quantitative estimate of drug-likeness (QED) is 0.823. The number of amides is 1. The molecule has 0 aliphatic carbocycles. The normalized spacial score (nSPS) is 14.2. The predicted octanol–water partition coefficient (Wildman–Crippen LogP) is 3.43. The molecule has 0 spiro atoms. The molecule has 3 rings (SSSR count). The Hall–Kier alpha value is -2.54. The maximum Gasteiger partial charge on any atom is 0.261 e. The van der Waals surface area contributed by atoms with E-state index in [1.165, 1.54) is 12.1 Å². The van der Waals surface area contributed by atoms with E-state index in [0.29, 0.717) is 23.6 Å². The molecule has 1 aliphatic rings. The number of rotatable bonds is 6. The molecule has 1 saturated heterocycles. The van der Waals surface area contributed by atoms with Gasteiger partial charge in [0.25, 0.3) is 15.9 Å². The Balaban J connectivity index is 1.83. The number of benzene rings is 2. The third-order valence-electron chi connectivity index (χ3n) is 4.56. The van der Waals surface area contributed by atoms with Gasteiger partial charge >= 0.3 is 0 Å². The van der Waals surface area contributed by atoms with Crippen molar-refractivity contribution in [2.75, 3.05) is 24.4 Å². The van der Waals surface area contributed by atoms with Crippen LogP contribution in [0.2, 0.25) is 0 Å². The molecular formula is C20H24N2O4S. The Morgan fingerprint density at radius 3 is 2.41 bits per heavy atom. The lowest BCUT2D eigenvalue weighted by Crippen LogP contribution is -2.28. The van der Waals surface area contributed by atoms with Gasteiger partial charge in [-0.25, -0.2) is 8.42 Å². The molecule has 0 radical (unpaired) electrons. The fourth-order valence-corrected chi connectivity index (χ4v) is 4.17. The summed E-state index contributed by atoms with van der Waals surface area (Å²) in [6, 6.07) is 11.4. The molecule has 0 unspecified atom stereocenters. The van der Waals surface area contributed by atoms with Gasteiger partial charge in [0.05, 0.1) is 11.5 Å². The molecule has 1 amide bonds. The second kappa shape index (κ2) is 8.00. The molecule has 0 aromatic heterocycles. The second-order valence-corrected chi connectivity index (χ2v) is 8.22. The van der Waals surface area contributed by atoms with E-state index in [9.17, 15) is 13.2 Å². The van der Waals surface area contributed by atoms with E-state index >= 15 is 0 Å². The van der Waals surface area contributed by atoms with Crippen LogP contribution in [0, 0.1) is 6.92 Å². The lowest BCUT2D eigenvalue weighted by Gasteiger charge is -2.17. The molecule has 0 atom stereocenters. The van der Waals surface area contributed by atoms with E-state index in [0.717, 1.165) is 31.5 Å². The summed E-state index contributed by atoms with van der Waals surface area (Å²) in [7, 11) is -3.80. The average Bonchev–Trinajstić information content (AvgIpc) is 3.18. The minimum atomic E-state index is -3.80. The highest BCUT2D eigenvalue weighted by molar-refractivity contribution is 7.92. The zero-order chi connectivity index (χ0) is 19.4. The molecule has 7 heteroatoms. The first-order valence-electron chi connectivity index (χ1n) is 9.06. The number of ether oxygens (including phenoxy) is 1. The summed E-state index contributed by atoms with van der Waals surface area (Å²) >= 11 is 0. The topological polar surface area (TPSA) is 75.7 Å². The first kappa shape index (κ1) is 19.2. The third kappa shape index (κ3) is 4.42. The van der Waals surface area contributed by atoms with E-state index in [4.69, 9.17) is 4.74 Å². The van der Waals surface area contributed by atoms with Crippen LogP contribution in [-0.2, 0) is 10.0 Å². The molecular weight excluding hydrogens is 364 g/mol. The summed E-state index contributed by atoms with van der Waals surface area (Å²) in [5, 5.41) is 0. The van der Waals surface area contributed by atoms with Crippen molar-refractivity contribution in [3.63, 3.8) is 0 Å². The molecule has 1 aliphatic heterocycles. The number of sulfonamides is 1. The van der Waals surface area contributed by atoms with Crippen LogP contribution in [0.4, 0.5) is 5.69 Å². The van der Waals surface area contributed by atoms with Crippen LogP contribution >= 0.6 is 0 Å². The van der Waals surface area contributed by atoms with Gasteiger partial charge in [-0.05, 0) is 68.7 Å². The van der Waals surface area contributed by atoms with Crippen LogP contribution in [0.25, 0.3) is 0 Å². The zero-order valence-corrected chi connectivity index (χ0v) is 16.4. The SMILES string of the molecule is CCOc1ccc(NS(=O)(=O)c2ccc(C)c(C(=O)N3CCCC3)c2)cc1. The minimum Gasteiger partial charge on any atom is -0.494 e. The number of aryl methyl sites for hydroxylation is 1. The highest BCUT2D eigenvalue weighted by Gasteiger charge is 2.23. The van der Waals surface area contributed by atoms with Gasteiger partial charge in [-0.1, -0.05) is 6.07 Å². The van der Waals surface area contributed by atoms with Crippen LogP contribution in [0.3, 0.4) is 0 Å². The molecule has 2 aromatic rings. The summed E-state index contributed by atoms with van der Waals surface area (Å²) < 4.78 is 33.4. The third-order valence-corrected chi connectivity index (χ3v) is 5.94. The van der Waals surface area contributed by atoms with Crippen LogP contribution in [0.15, 0.2) is 47.4 Å². The zero-order valence-electron chi connectivity index (χ0n) is 15.6. The number of hydrogen-bond donors (Lipinski definition) is 1. The van der Waals surface area contributed by atoms with Crippen LogP contribution < -0.4 is 9.46 Å². The van der Waals surface area contributed by atoms with Gasteiger partial charge in [0.15, 0.2) is 0 Å². The number of likely N-dealkylation sites (tertiary alicyclic amines) is 1. The fourth-order valence-electron chi connectivity index (χ4n) is 3.09. The molecule has 1 heterocycles. The van der Waals surface area contributed by atoms with Crippen molar-refractivity contribution < 1.29 is 17.9 Å². The predicted molar refractivity (Wildman–Crippen MR) is 105 cm³/mol. The number of anilines is 1. The van der Waals surface area contributed by atoms with Gasteiger partial charge in [-0.3, -0.25) is 9.52 Å². The summed E-state index contributed by atoms with van der Waals surface area (Å²) in [6.07, 6.45) is 1.98. The number of carbonyl (C=O) groups is 1. The average molecular weight is 388 g/mol. The van der Waals surface area contributed by atoms with Gasteiger partial charge in [0, 0.05) is 24.3 Å². The Labute approximate surface area is 160 Å². The van der Waals surface area contributed by atoms with E-state index in [2.05, 4.69) is 4.72 Å². The molecule has 0 bridgehead atoms. The smallest absolute Gasteiger partial charge is 0.261 e. The lowest BCUT2D eigenvalue weighted by molar-refractivity contribution is 0.0792. The van der Waals surface area contributed by atoms with Crippen molar-refractivity contribution in [1.29, 1.82) is 0 Å². The van der Waals surface area contributed by atoms with Gasteiger partial charge in [0.2, 0.25) is 0 Å². The number of hydrogen-bond acceptors (Lipinski definition) is 4.